The van der Waals surface area contributed by atoms with E-state index in [4.69, 9.17) is 9.47 Å². The third kappa shape index (κ3) is 9.59. The first-order chi connectivity index (χ1) is 21.5. The molecule has 238 valence electrons. The number of benzene rings is 2. The van der Waals surface area contributed by atoms with Gasteiger partial charge in [0, 0.05) is 55.6 Å². The highest BCUT2D eigenvalue weighted by molar-refractivity contribution is 5.94. The van der Waals surface area contributed by atoms with E-state index in [-0.39, 0.29) is 41.6 Å². The van der Waals surface area contributed by atoms with Gasteiger partial charge in [-0.2, -0.15) is 0 Å². The molecule has 2 aromatic heterocycles. The van der Waals surface area contributed by atoms with E-state index in [2.05, 4.69) is 31.4 Å². The fourth-order valence-corrected chi connectivity index (χ4v) is 4.33. The SMILES string of the molecule is COc1ccc(CNC(=O)c2ccn(CCCCn3cc(C(=O)NCc4cccc(OC(N)(F)F)c4)nn3)c(=O)c2)c(OC)c1. The van der Waals surface area contributed by atoms with Gasteiger partial charge in [0.05, 0.1) is 20.4 Å². The molecular formula is C30H33F2N7O6. The van der Waals surface area contributed by atoms with Gasteiger partial charge in [-0.15, -0.1) is 13.9 Å². The molecule has 0 aliphatic heterocycles. The van der Waals surface area contributed by atoms with Crippen LogP contribution in [0.25, 0.3) is 0 Å². The van der Waals surface area contributed by atoms with Gasteiger partial charge in [-0.1, -0.05) is 17.3 Å². The Kier molecular flexibility index (Phi) is 10.8. The number of nitrogens with one attached hydrogen (secondary N) is 2. The number of aryl methyl sites for hydroxylation is 2. The standard InChI is InChI=1S/C30H33F2N7O6/c1-43-23-9-8-22(26(16-23)44-2)18-35-28(41)21-10-13-38(27(40)15-21)11-3-4-12-39-19-25(36-37-39)29(42)34-17-20-6-5-7-24(14-20)45-30(31,32)33/h5-10,13-16,19H,3-4,11-12,17-18,33H2,1-2H3,(H,34,42)(H,35,41). The average Bonchev–Trinajstić information content (AvgIpc) is 3.49. The number of hydrogen-bond acceptors (Lipinski definition) is 9. The van der Waals surface area contributed by atoms with E-state index >= 15 is 0 Å². The molecule has 0 spiro atoms. The molecule has 4 N–H and O–H groups in total. The van der Waals surface area contributed by atoms with Crippen LogP contribution in [0.4, 0.5) is 8.78 Å². The Labute approximate surface area is 256 Å². The number of aromatic nitrogens is 4. The van der Waals surface area contributed by atoms with E-state index < -0.39 is 12.1 Å². The number of ether oxygens (including phenoxy) is 3. The number of nitrogens with zero attached hydrogens (tertiary/aromatic N) is 4. The van der Waals surface area contributed by atoms with Crippen molar-refractivity contribution in [2.45, 2.75) is 45.3 Å². The number of unbranched alkanes of at least 4 members (excludes halogenated alkanes) is 1. The monoisotopic (exact) mass is 625 g/mol. The summed E-state index contributed by atoms with van der Waals surface area (Å²) in [6.45, 7) is 1.14. The van der Waals surface area contributed by atoms with Crippen molar-refractivity contribution in [3.8, 4) is 17.2 Å². The van der Waals surface area contributed by atoms with Crippen LogP contribution in [0.2, 0.25) is 0 Å². The van der Waals surface area contributed by atoms with Crippen molar-refractivity contribution in [2.24, 2.45) is 5.73 Å². The highest BCUT2D eigenvalue weighted by Gasteiger charge is 2.24. The number of hydrogen-bond donors (Lipinski definition) is 3. The van der Waals surface area contributed by atoms with Gasteiger partial charge in [0.25, 0.3) is 17.4 Å². The normalized spacial score (nSPS) is 11.1. The summed E-state index contributed by atoms with van der Waals surface area (Å²) in [6, 6.07) is 14.0. The van der Waals surface area contributed by atoms with Crippen LogP contribution in [0.1, 0.15) is 44.8 Å². The molecule has 2 amide bonds. The third-order valence-electron chi connectivity index (χ3n) is 6.60. The van der Waals surface area contributed by atoms with Gasteiger partial charge in [0.1, 0.15) is 17.2 Å². The van der Waals surface area contributed by atoms with Crippen molar-refractivity contribution >= 4 is 11.8 Å². The van der Waals surface area contributed by atoms with Crippen LogP contribution in [0.15, 0.2) is 71.8 Å². The van der Waals surface area contributed by atoms with Crippen molar-refractivity contribution in [1.29, 1.82) is 0 Å². The summed E-state index contributed by atoms with van der Waals surface area (Å²) in [5, 5.41) is 13.3. The molecule has 0 atom stereocenters. The molecule has 0 radical (unpaired) electrons. The predicted molar refractivity (Wildman–Crippen MR) is 158 cm³/mol. The number of amides is 2. The molecule has 45 heavy (non-hydrogen) atoms. The van der Waals surface area contributed by atoms with Crippen LogP contribution in [0.3, 0.4) is 0 Å². The zero-order chi connectivity index (χ0) is 32.4. The lowest BCUT2D eigenvalue weighted by atomic mass is 10.1. The molecule has 0 saturated carbocycles. The van der Waals surface area contributed by atoms with Crippen LogP contribution < -0.4 is 36.1 Å². The van der Waals surface area contributed by atoms with Gasteiger partial charge in [-0.25, -0.2) is 5.73 Å². The Morgan fingerprint density at radius 3 is 2.44 bits per heavy atom. The molecule has 2 heterocycles. The van der Waals surface area contributed by atoms with Gasteiger partial charge >= 0.3 is 6.23 Å². The summed E-state index contributed by atoms with van der Waals surface area (Å²) in [5.74, 6) is 0.197. The minimum absolute atomic E-state index is 0.0473. The van der Waals surface area contributed by atoms with Crippen molar-refractivity contribution in [1.82, 2.24) is 30.2 Å². The number of carbonyl (C=O) groups is 2. The molecule has 13 nitrogen and oxygen atoms in total. The fourth-order valence-electron chi connectivity index (χ4n) is 4.33. The Hall–Kier alpha value is -5.31. The zero-order valence-electron chi connectivity index (χ0n) is 24.7. The zero-order valence-corrected chi connectivity index (χ0v) is 24.7. The molecule has 0 bridgehead atoms. The largest absolute Gasteiger partial charge is 0.497 e. The molecule has 0 fully saturated rings. The predicted octanol–water partition coefficient (Wildman–Crippen LogP) is 2.69. The summed E-state index contributed by atoms with van der Waals surface area (Å²) >= 11 is 0. The Morgan fingerprint density at radius 1 is 0.933 bits per heavy atom. The quantitative estimate of drug-likeness (QED) is 0.102. The maximum Gasteiger partial charge on any atom is 0.466 e. The molecule has 4 aromatic rings. The first-order valence-corrected chi connectivity index (χ1v) is 13.9. The van der Waals surface area contributed by atoms with E-state index in [1.54, 1.807) is 43.6 Å². The molecule has 0 aliphatic carbocycles. The lowest BCUT2D eigenvalue weighted by Gasteiger charge is -2.13. The van der Waals surface area contributed by atoms with Crippen LogP contribution in [0.5, 0.6) is 17.2 Å². The lowest BCUT2D eigenvalue weighted by molar-refractivity contribution is -0.170. The highest BCUT2D eigenvalue weighted by atomic mass is 19.3. The van der Waals surface area contributed by atoms with Gasteiger partial charge in [-0.3, -0.25) is 19.1 Å². The fraction of sp³-hybridized carbons (Fsp3) is 0.300. The summed E-state index contributed by atoms with van der Waals surface area (Å²) in [4.78, 5) is 37.7. The molecule has 0 aliphatic rings. The number of rotatable bonds is 15. The summed E-state index contributed by atoms with van der Waals surface area (Å²) in [5.41, 5.74) is 5.89. The van der Waals surface area contributed by atoms with Crippen LogP contribution in [-0.2, 0) is 26.2 Å². The maximum atomic E-state index is 12.9. The van der Waals surface area contributed by atoms with E-state index in [0.29, 0.717) is 43.0 Å². The number of alkyl halides is 2. The molecule has 4 rings (SSSR count). The van der Waals surface area contributed by atoms with Crippen molar-refractivity contribution < 1.29 is 32.6 Å². The Balaban J connectivity index is 1.21. The van der Waals surface area contributed by atoms with Crippen LogP contribution in [-0.4, -0.2) is 51.8 Å². The van der Waals surface area contributed by atoms with Crippen molar-refractivity contribution in [3.63, 3.8) is 0 Å². The van der Waals surface area contributed by atoms with E-state index in [9.17, 15) is 23.2 Å². The topological polar surface area (TPSA) is 165 Å². The van der Waals surface area contributed by atoms with Gasteiger partial charge in [0.15, 0.2) is 5.69 Å². The Bertz CT molecular complexity index is 1690. The van der Waals surface area contributed by atoms with Crippen LogP contribution in [0, 0.1) is 0 Å². The van der Waals surface area contributed by atoms with Crippen molar-refractivity contribution in [2.75, 3.05) is 14.2 Å². The first-order valence-electron chi connectivity index (χ1n) is 13.9. The molecule has 2 aromatic carbocycles. The second kappa shape index (κ2) is 14.9. The van der Waals surface area contributed by atoms with Crippen molar-refractivity contribution in [3.05, 3.63) is 99.7 Å². The second-order valence-electron chi connectivity index (χ2n) is 9.88. The van der Waals surface area contributed by atoms with Crippen LogP contribution >= 0.6 is 0 Å². The number of carbonyl (C=O) groups excluding carboxylic acids is 2. The highest BCUT2D eigenvalue weighted by Crippen LogP contribution is 2.24. The lowest BCUT2D eigenvalue weighted by Crippen LogP contribution is -2.35. The average molecular weight is 626 g/mol. The maximum absolute atomic E-state index is 12.9. The molecule has 15 heteroatoms. The Morgan fingerprint density at radius 2 is 1.71 bits per heavy atom. The number of methoxy groups -OCH3 is 2. The molecule has 0 saturated heterocycles. The van der Waals surface area contributed by atoms with Gasteiger partial charge < -0.3 is 29.4 Å². The van der Waals surface area contributed by atoms with E-state index in [0.717, 1.165) is 5.56 Å². The summed E-state index contributed by atoms with van der Waals surface area (Å²) in [6.07, 6.45) is 0.525. The van der Waals surface area contributed by atoms with E-state index in [1.807, 2.05) is 0 Å². The summed E-state index contributed by atoms with van der Waals surface area (Å²) in [7, 11) is 3.08. The van der Waals surface area contributed by atoms with Gasteiger partial charge in [0.2, 0.25) is 0 Å². The minimum Gasteiger partial charge on any atom is -0.497 e. The minimum atomic E-state index is -3.81. The van der Waals surface area contributed by atoms with Gasteiger partial charge in [-0.05, 0) is 48.7 Å². The second-order valence-corrected chi connectivity index (χ2v) is 9.88. The molecule has 0 unspecified atom stereocenters. The number of nitrogens with two attached hydrogens (primary N) is 1. The number of halogens is 2. The number of pyridine rings is 1. The smallest absolute Gasteiger partial charge is 0.466 e. The third-order valence-corrected chi connectivity index (χ3v) is 6.60. The summed E-state index contributed by atoms with van der Waals surface area (Å²) < 4.78 is 43.6. The first kappa shape index (κ1) is 32.6. The molecular weight excluding hydrogens is 592 g/mol. The van der Waals surface area contributed by atoms with E-state index in [1.165, 1.54) is 46.8 Å².